The highest BCUT2D eigenvalue weighted by molar-refractivity contribution is 6.28. The van der Waals surface area contributed by atoms with Gasteiger partial charge in [-0.25, -0.2) is 5.43 Å². The first-order chi connectivity index (χ1) is 12.3. The lowest BCUT2D eigenvalue weighted by atomic mass is 9.93. The van der Waals surface area contributed by atoms with Crippen molar-refractivity contribution in [2.45, 2.75) is 57.9 Å². The van der Waals surface area contributed by atoms with Crippen molar-refractivity contribution in [3.05, 3.63) is 28.1 Å². The molecular weight excluding hydrogens is 312 g/mol. The lowest BCUT2D eigenvalue weighted by molar-refractivity contribution is -0.116. The number of nitrogens with zero attached hydrogens (tertiary/aromatic N) is 2. The van der Waals surface area contributed by atoms with Crippen LogP contribution >= 0.6 is 0 Å². The number of likely N-dealkylation sites (tertiary alicyclic amines) is 1. The fourth-order valence-electron chi connectivity index (χ4n) is 4.54. The predicted molar refractivity (Wildman–Crippen MR) is 98.2 cm³/mol. The second-order valence-corrected chi connectivity index (χ2v) is 7.93. The van der Waals surface area contributed by atoms with Gasteiger partial charge in [0.2, 0.25) is 0 Å². The van der Waals surface area contributed by atoms with Crippen molar-refractivity contribution in [3.63, 3.8) is 0 Å². The van der Waals surface area contributed by atoms with Crippen molar-refractivity contribution in [1.29, 1.82) is 0 Å². The number of aryl methyl sites for hydroxylation is 1. The van der Waals surface area contributed by atoms with E-state index in [9.17, 15) is 4.79 Å². The smallest absolute Gasteiger partial charge is 0.273 e. The Hall–Kier alpha value is -1.88. The number of nitrogens with one attached hydrogen (secondary N) is 2. The van der Waals surface area contributed by atoms with Gasteiger partial charge >= 0.3 is 0 Å². The maximum absolute atomic E-state index is 12.3. The van der Waals surface area contributed by atoms with Crippen molar-refractivity contribution >= 4 is 17.7 Å². The maximum atomic E-state index is 12.3. The Labute approximate surface area is 148 Å². The largest absolute Gasteiger partial charge is 0.358 e. The summed E-state index contributed by atoms with van der Waals surface area (Å²) in [6, 6.07) is 0. The van der Waals surface area contributed by atoms with Crippen LogP contribution < -0.4 is 5.43 Å². The zero-order chi connectivity index (χ0) is 16.8. The molecule has 2 aliphatic carbocycles. The summed E-state index contributed by atoms with van der Waals surface area (Å²) in [5, 5.41) is 4.30. The van der Waals surface area contributed by atoms with Crippen LogP contribution in [0.15, 0.2) is 10.7 Å². The van der Waals surface area contributed by atoms with Crippen LogP contribution in [0.5, 0.6) is 0 Å². The molecule has 3 heterocycles. The Morgan fingerprint density at radius 1 is 1.12 bits per heavy atom. The Balaban J connectivity index is 1.53. The van der Waals surface area contributed by atoms with E-state index in [0.717, 1.165) is 42.8 Å². The normalized spacial score (nSPS) is 25.4. The van der Waals surface area contributed by atoms with Crippen LogP contribution in [-0.2, 0) is 24.2 Å². The Bertz CT molecular complexity index is 763. The molecule has 5 rings (SSSR count). The number of carbonyl (C=O) groups excluding carboxylic acids is 1. The third-order valence-electron chi connectivity index (χ3n) is 6.07. The summed E-state index contributed by atoms with van der Waals surface area (Å²) in [6.07, 6.45) is 11.9. The molecule has 2 N–H and O–H groups in total. The van der Waals surface area contributed by atoms with Crippen LogP contribution in [0.2, 0.25) is 0 Å². The Morgan fingerprint density at radius 2 is 1.92 bits per heavy atom. The number of aromatic amines is 1. The van der Waals surface area contributed by atoms with Gasteiger partial charge in [-0.05, 0) is 81.7 Å². The van der Waals surface area contributed by atoms with Crippen LogP contribution in [0.4, 0.5) is 0 Å². The first kappa shape index (κ1) is 15.4. The van der Waals surface area contributed by atoms with Crippen LogP contribution in [0.25, 0.3) is 6.08 Å². The molecule has 2 aliphatic heterocycles. The summed E-state index contributed by atoms with van der Waals surface area (Å²) < 4.78 is 0. The zero-order valence-electron chi connectivity index (χ0n) is 14.7. The molecule has 0 bridgehead atoms. The second kappa shape index (κ2) is 6.13. The SMILES string of the molecule is O=C1NN=C(C2CC2)C1=Cc1[nH]c2c(c1CN1CCCC1)CCCC2. The molecule has 1 saturated carbocycles. The van der Waals surface area contributed by atoms with Gasteiger partial charge in [0, 0.05) is 23.9 Å². The number of fused-ring (bicyclic) bond motifs is 1. The van der Waals surface area contributed by atoms with Gasteiger partial charge < -0.3 is 4.98 Å². The second-order valence-electron chi connectivity index (χ2n) is 7.93. The van der Waals surface area contributed by atoms with E-state index in [1.807, 2.05) is 0 Å². The monoisotopic (exact) mass is 338 g/mol. The van der Waals surface area contributed by atoms with E-state index in [4.69, 9.17) is 0 Å². The molecule has 0 spiro atoms. The highest BCUT2D eigenvalue weighted by atomic mass is 16.2. The van der Waals surface area contributed by atoms with Crippen LogP contribution in [-0.4, -0.2) is 34.6 Å². The first-order valence-corrected chi connectivity index (χ1v) is 9.84. The minimum atomic E-state index is -0.0402. The molecule has 0 unspecified atom stereocenters. The standard InChI is InChI=1S/C20H26N4O/c25-20-15(19(22-23-20)13-7-8-13)11-18-16(12-24-9-3-4-10-24)14-5-1-2-6-17(14)21-18/h11,13,21H,1-10,12H2,(H,23,25). The molecule has 25 heavy (non-hydrogen) atoms. The fraction of sp³-hybridized carbons (Fsp3) is 0.600. The Kier molecular flexibility index (Phi) is 3.77. The van der Waals surface area contributed by atoms with Crippen molar-refractivity contribution in [2.75, 3.05) is 13.1 Å². The van der Waals surface area contributed by atoms with Crippen LogP contribution in [0.3, 0.4) is 0 Å². The van der Waals surface area contributed by atoms with Crippen molar-refractivity contribution in [3.8, 4) is 0 Å². The summed E-state index contributed by atoms with van der Waals surface area (Å²) >= 11 is 0. The molecule has 1 aromatic rings. The first-order valence-electron chi connectivity index (χ1n) is 9.84. The van der Waals surface area contributed by atoms with Gasteiger partial charge in [0.05, 0.1) is 11.3 Å². The number of hydrazone groups is 1. The molecular formula is C20H26N4O. The third-order valence-corrected chi connectivity index (χ3v) is 6.07. The predicted octanol–water partition coefficient (Wildman–Crippen LogP) is 2.77. The molecule has 5 nitrogen and oxygen atoms in total. The quantitative estimate of drug-likeness (QED) is 0.829. The number of carbonyl (C=O) groups is 1. The van der Waals surface area contributed by atoms with E-state index in [-0.39, 0.29) is 5.91 Å². The molecule has 1 amide bonds. The number of amides is 1. The topological polar surface area (TPSA) is 60.5 Å². The van der Waals surface area contributed by atoms with Gasteiger partial charge in [-0.15, -0.1) is 0 Å². The average molecular weight is 338 g/mol. The van der Waals surface area contributed by atoms with E-state index in [1.54, 1.807) is 0 Å². The molecule has 0 aromatic carbocycles. The van der Waals surface area contributed by atoms with E-state index in [1.165, 1.54) is 62.0 Å². The van der Waals surface area contributed by atoms with E-state index in [2.05, 4.69) is 26.5 Å². The number of H-pyrrole nitrogens is 1. The van der Waals surface area contributed by atoms with Gasteiger partial charge in [0.25, 0.3) is 5.91 Å². The molecule has 1 aromatic heterocycles. The van der Waals surface area contributed by atoms with E-state index < -0.39 is 0 Å². The lowest BCUT2D eigenvalue weighted by Gasteiger charge is -2.18. The van der Waals surface area contributed by atoms with E-state index in [0.29, 0.717) is 5.92 Å². The molecule has 0 atom stereocenters. The Morgan fingerprint density at radius 3 is 2.72 bits per heavy atom. The molecule has 2 fully saturated rings. The molecule has 4 aliphatic rings. The number of hydrogen-bond donors (Lipinski definition) is 2. The highest BCUT2D eigenvalue weighted by Gasteiger charge is 2.36. The van der Waals surface area contributed by atoms with Gasteiger partial charge in [-0.2, -0.15) is 5.10 Å². The summed E-state index contributed by atoms with van der Waals surface area (Å²) in [6.45, 7) is 3.42. The molecule has 5 heteroatoms. The zero-order valence-corrected chi connectivity index (χ0v) is 14.7. The summed E-state index contributed by atoms with van der Waals surface area (Å²) in [4.78, 5) is 18.5. The van der Waals surface area contributed by atoms with Crippen molar-refractivity contribution in [2.24, 2.45) is 11.0 Å². The third kappa shape index (κ3) is 2.84. The lowest BCUT2D eigenvalue weighted by Crippen LogP contribution is -2.20. The van der Waals surface area contributed by atoms with Gasteiger partial charge in [0.15, 0.2) is 0 Å². The van der Waals surface area contributed by atoms with Crippen molar-refractivity contribution < 1.29 is 4.79 Å². The summed E-state index contributed by atoms with van der Waals surface area (Å²) in [5.41, 5.74) is 9.93. The van der Waals surface area contributed by atoms with Crippen LogP contribution in [0, 0.1) is 5.92 Å². The summed E-state index contributed by atoms with van der Waals surface area (Å²) in [7, 11) is 0. The van der Waals surface area contributed by atoms with Gasteiger partial charge in [-0.1, -0.05) is 0 Å². The minimum absolute atomic E-state index is 0.0402. The number of aromatic nitrogens is 1. The van der Waals surface area contributed by atoms with Gasteiger partial charge in [-0.3, -0.25) is 9.69 Å². The number of hydrogen-bond acceptors (Lipinski definition) is 3. The number of rotatable bonds is 4. The van der Waals surface area contributed by atoms with Gasteiger partial charge in [0.1, 0.15) is 0 Å². The fourth-order valence-corrected chi connectivity index (χ4v) is 4.54. The molecule has 132 valence electrons. The molecule has 1 saturated heterocycles. The highest BCUT2D eigenvalue weighted by Crippen LogP contribution is 2.36. The maximum Gasteiger partial charge on any atom is 0.273 e. The summed E-state index contributed by atoms with van der Waals surface area (Å²) in [5.74, 6) is 0.443. The molecule has 0 radical (unpaired) electrons. The average Bonchev–Trinajstić information content (AvgIpc) is 3.06. The minimum Gasteiger partial charge on any atom is -0.358 e. The van der Waals surface area contributed by atoms with E-state index >= 15 is 0 Å². The van der Waals surface area contributed by atoms with Crippen LogP contribution in [0.1, 0.15) is 61.0 Å². The van der Waals surface area contributed by atoms with Crippen molar-refractivity contribution in [1.82, 2.24) is 15.3 Å².